The Bertz CT molecular complexity index is 723. The van der Waals surface area contributed by atoms with E-state index in [-0.39, 0.29) is 12.5 Å². The summed E-state index contributed by atoms with van der Waals surface area (Å²) in [5.41, 5.74) is -0.905. The highest BCUT2D eigenvalue weighted by Gasteiger charge is 2.52. The maximum Gasteiger partial charge on any atom is 0.303 e. The molecule has 1 aliphatic rings. The predicted octanol–water partition coefficient (Wildman–Crippen LogP) is -0.215. The zero-order valence-electron chi connectivity index (χ0n) is 19.3. The van der Waals surface area contributed by atoms with E-state index in [0.717, 1.165) is 24.6 Å². The second kappa shape index (κ2) is 14.3. The van der Waals surface area contributed by atoms with Gasteiger partial charge in [0.05, 0.1) is 6.04 Å². The number of hydrogen-bond donors (Lipinski definition) is 2. The zero-order chi connectivity index (χ0) is 25.1. The fraction of sp³-hybridized carbons (Fsp3) is 0.737. The van der Waals surface area contributed by atoms with Gasteiger partial charge in [-0.25, -0.2) is 0 Å². The normalized spacial score (nSPS) is 25.3. The van der Waals surface area contributed by atoms with Crippen LogP contribution in [0.1, 0.15) is 27.7 Å². The molecule has 0 spiro atoms. The van der Waals surface area contributed by atoms with Gasteiger partial charge in [-0.1, -0.05) is 21.6 Å². The maximum atomic E-state index is 11.9. The van der Waals surface area contributed by atoms with Crippen molar-refractivity contribution >= 4 is 51.4 Å². The molecule has 0 aromatic carbocycles. The molecule has 1 heterocycles. The van der Waals surface area contributed by atoms with Crippen LogP contribution in [0.3, 0.4) is 0 Å². The Labute approximate surface area is 199 Å². The van der Waals surface area contributed by atoms with E-state index in [1.54, 1.807) is 7.05 Å². The number of likely N-dealkylation sites (N-methyl/N-ethyl adjacent to an activating group) is 2. The minimum atomic E-state index is -1.22. The Morgan fingerprint density at radius 3 is 1.88 bits per heavy atom. The summed E-state index contributed by atoms with van der Waals surface area (Å²) < 4.78 is 27.1. The summed E-state index contributed by atoms with van der Waals surface area (Å²) in [6.45, 7) is 4.39. The average Bonchev–Trinajstić information content (AvgIpc) is 2.72. The van der Waals surface area contributed by atoms with E-state index in [1.165, 1.54) is 31.7 Å². The minimum absolute atomic E-state index is 0.216. The summed E-state index contributed by atoms with van der Waals surface area (Å²) in [4.78, 5) is 58.6. The van der Waals surface area contributed by atoms with Crippen molar-refractivity contribution in [1.29, 1.82) is 0 Å². The lowest BCUT2D eigenvalue weighted by Gasteiger charge is -2.44. The maximum absolute atomic E-state index is 11.9. The van der Waals surface area contributed by atoms with E-state index >= 15 is 0 Å². The van der Waals surface area contributed by atoms with Crippen molar-refractivity contribution in [2.45, 2.75) is 63.6 Å². The Morgan fingerprint density at radius 2 is 1.39 bits per heavy atom. The van der Waals surface area contributed by atoms with Crippen molar-refractivity contribution in [1.82, 2.24) is 10.6 Å². The van der Waals surface area contributed by atoms with Gasteiger partial charge in [0.2, 0.25) is 5.91 Å². The summed E-state index contributed by atoms with van der Waals surface area (Å²) >= 11 is 0. The third-order valence-electron chi connectivity index (χ3n) is 4.26. The molecule has 1 rings (SSSR count). The molecule has 12 nitrogen and oxygen atoms in total. The molecular formula is C19H30N2O10S2. The van der Waals surface area contributed by atoms with Crippen molar-refractivity contribution in [3.63, 3.8) is 0 Å². The lowest BCUT2D eigenvalue weighted by Crippen LogP contribution is -2.61. The van der Waals surface area contributed by atoms with Gasteiger partial charge in [-0.15, -0.1) is 0 Å². The Morgan fingerprint density at radius 1 is 0.848 bits per heavy atom. The van der Waals surface area contributed by atoms with Gasteiger partial charge < -0.3 is 34.3 Å². The Kier molecular flexibility index (Phi) is 12.5. The van der Waals surface area contributed by atoms with E-state index in [1.807, 2.05) is 0 Å². The van der Waals surface area contributed by atoms with Crippen molar-refractivity contribution in [3.8, 4) is 0 Å². The molecule has 3 unspecified atom stereocenters. The summed E-state index contributed by atoms with van der Waals surface area (Å²) in [6.07, 6.45) is -4.57. The standard InChI is InChI=1S/C19H30N2O10S2/c1-9(22)27-7-14-15(28-10(2)23)16(29-11(3)24)17(30-12(4)25)19(31-14)33-32-8-13(20-5)18(26)21-6/h13-17,19-20H,7-8H2,1-6H3,(H,21,26)/t13?,14?,15-,16+,17?,19+/m1/s1. The van der Waals surface area contributed by atoms with Crippen LogP contribution >= 0.6 is 21.6 Å². The van der Waals surface area contributed by atoms with E-state index in [9.17, 15) is 24.0 Å². The molecule has 0 aromatic rings. The predicted molar refractivity (Wildman–Crippen MR) is 119 cm³/mol. The van der Waals surface area contributed by atoms with Crippen molar-refractivity contribution in [2.24, 2.45) is 0 Å². The Balaban J connectivity index is 3.19. The molecular weight excluding hydrogens is 480 g/mol. The van der Waals surface area contributed by atoms with Crippen LogP contribution in [0.4, 0.5) is 0 Å². The highest BCUT2D eigenvalue weighted by molar-refractivity contribution is 8.76. The fourth-order valence-corrected chi connectivity index (χ4v) is 5.59. The summed E-state index contributed by atoms with van der Waals surface area (Å²) in [5, 5.41) is 5.43. The molecule has 0 saturated carbocycles. The number of esters is 4. The number of rotatable bonds is 11. The first kappa shape index (κ1) is 29.0. The molecule has 188 valence electrons. The van der Waals surface area contributed by atoms with Crippen molar-refractivity contribution in [3.05, 3.63) is 0 Å². The van der Waals surface area contributed by atoms with Gasteiger partial charge in [0, 0.05) is 40.5 Å². The van der Waals surface area contributed by atoms with Crippen LogP contribution in [-0.2, 0) is 47.7 Å². The van der Waals surface area contributed by atoms with Crippen LogP contribution in [0.5, 0.6) is 0 Å². The number of hydrogen-bond acceptors (Lipinski definition) is 13. The van der Waals surface area contributed by atoms with Gasteiger partial charge in [0.15, 0.2) is 23.7 Å². The van der Waals surface area contributed by atoms with Gasteiger partial charge in [-0.2, -0.15) is 0 Å². The first-order valence-electron chi connectivity index (χ1n) is 9.97. The molecule has 1 saturated heterocycles. The molecule has 2 N–H and O–H groups in total. The molecule has 0 radical (unpaired) electrons. The molecule has 1 fully saturated rings. The van der Waals surface area contributed by atoms with Crippen LogP contribution < -0.4 is 10.6 Å². The van der Waals surface area contributed by atoms with E-state index in [2.05, 4.69) is 10.6 Å². The monoisotopic (exact) mass is 510 g/mol. The largest absolute Gasteiger partial charge is 0.463 e. The minimum Gasteiger partial charge on any atom is -0.463 e. The molecule has 0 aliphatic carbocycles. The summed E-state index contributed by atoms with van der Waals surface area (Å²) in [7, 11) is 5.54. The van der Waals surface area contributed by atoms with E-state index < -0.39 is 59.8 Å². The quantitative estimate of drug-likeness (QED) is 0.214. The number of ether oxygens (including phenoxy) is 5. The number of amides is 1. The van der Waals surface area contributed by atoms with Gasteiger partial charge in [-0.3, -0.25) is 24.0 Å². The molecule has 14 heteroatoms. The first-order valence-corrected chi connectivity index (χ1v) is 12.4. The van der Waals surface area contributed by atoms with Crippen LogP contribution in [0, 0.1) is 0 Å². The number of nitrogens with one attached hydrogen (secondary N) is 2. The van der Waals surface area contributed by atoms with Crippen LogP contribution in [0.2, 0.25) is 0 Å². The van der Waals surface area contributed by atoms with Crippen LogP contribution in [-0.4, -0.2) is 92.1 Å². The smallest absolute Gasteiger partial charge is 0.303 e. The Hall–Kier alpha value is -2.03. The lowest BCUT2D eigenvalue weighted by molar-refractivity contribution is -0.237. The number of carbonyl (C=O) groups is 5. The van der Waals surface area contributed by atoms with Gasteiger partial charge >= 0.3 is 23.9 Å². The average molecular weight is 511 g/mol. The summed E-state index contributed by atoms with van der Waals surface area (Å²) in [6, 6.07) is -0.502. The highest BCUT2D eigenvalue weighted by Crippen LogP contribution is 2.39. The molecule has 1 aliphatic heterocycles. The van der Waals surface area contributed by atoms with Crippen LogP contribution in [0.15, 0.2) is 0 Å². The van der Waals surface area contributed by atoms with Crippen molar-refractivity contribution in [2.75, 3.05) is 26.5 Å². The van der Waals surface area contributed by atoms with Crippen LogP contribution in [0.25, 0.3) is 0 Å². The molecule has 0 aromatic heterocycles. The third-order valence-corrected chi connectivity index (χ3v) is 6.82. The van der Waals surface area contributed by atoms with E-state index in [0.29, 0.717) is 5.75 Å². The second-order valence-corrected chi connectivity index (χ2v) is 9.41. The lowest BCUT2D eigenvalue weighted by atomic mass is 9.99. The number of carbonyl (C=O) groups excluding carboxylic acids is 5. The fourth-order valence-electron chi connectivity index (χ4n) is 2.90. The molecule has 1 amide bonds. The van der Waals surface area contributed by atoms with Gasteiger partial charge in [-0.05, 0) is 7.05 Å². The topological polar surface area (TPSA) is 156 Å². The third kappa shape index (κ3) is 9.78. The molecule has 6 atom stereocenters. The highest BCUT2D eigenvalue weighted by atomic mass is 33.1. The summed E-state index contributed by atoms with van der Waals surface area (Å²) in [5.74, 6) is -2.55. The first-order chi connectivity index (χ1) is 15.5. The van der Waals surface area contributed by atoms with Gasteiger partial charge in [0.1, 0.15) is 12.7 Å². The zero-order valence-corrected chi connectivity index (χ0v) is 20.9. The van der Waals surface area contributed by atoms with E-state index in [4.69, 9.17) is 23.7 Å². The second-order valence-electron chi connectivity index (χ2n) is 6.90. The van der Waals surface area contributed by atoms with Gasteiger partial charge in [0.25, 0.3) is 0 Å². The molecule has 0 bridgehead atoms. The van der Waals surface area contributed by atoms with Crippen molar-refractivity contribution < 1.29 is 47.7 Å². The molecule has 33 heavy (non-hydrogen) atoms. The SMILES string of the molecule is CNC(=O)C(CSS[C@@H]1OC(COC(C)=O)[C@@H](OC(C)=O)[C@H](OC(C)=O)C1OC(C)=O)NC.